The van der Waals surface area contributed by atoms with Crippen molar-refractivity contribution in [2.75, 3.05) is 5.73 Å². The molecule has 0 radical (unpaired) electrons. The number of nitrogens with zero attached hydrogens (tertiary/aromatic N) is 1. The Bertz CT molecular complexity index is 398. The molecule has 1 heterocycles. The largest absolute Gasteiger partial charge is 0.399 e. The maximum absolute atomic E-state index is 5.60. The number of rotatable bonds is 2. The van der Waals surface area contributed by atoms with Crippen molar-refractivity contribution in [2.45, 2.75) is 6.42 Å². The van der Waals surface area contributed by atoms with E-state index in [9.17, 15) is 0 Å². The Balaban J connectivity index is 0.00000112. The number of nitrogens with two attached hydrogens (primary N) is 1. The summed E-state index contributed by atoms with van der Waals surface area (Å²) in [5.41, 5.74) is 8.72. The summed E-state index contributed by atoms with van der Waals surface area (Å²) < 4.78 is 0. The van der Waals surface area contributed by atoms with Crippen molar-refractivity contribution < 1.29 is 0 Å². The zero-order valence-electron chi connectivity index (χ0n) is 8.26. The predicted octanol–water partition coefficient (Wildman–Crippen LogP) is 2.68. The van der Waals surface area contributed by atoms with Gasteiger partial charge in [0, 0.05) is 24.0 Å². The first-order valence-corrected chi connectivity index (χ1v) is 4.59. The normalized spacial score (nSPS) is 9.33. The summed E-state index contributed by atoms with van der Waals surface area (Å²) in [6.07, 6.45) is 2.67. The fourth-order valence-electron chi connectivity index (χ4n) is 1.35. The van der Waals surface area contributed by atoms with Crippen molar-refractivity contribution in [1.29, 1.82) is 0 Å². The van der Waals surface area contributed by atoms with Gasteiger partial charge < -0.3 is 5.73 Å². The van der Waals surface area contributed by atoms with Crippen LogP contribution in [-0.4, -0.2) is 4.98 Å². The van der Waals surface area contributed by atoms with Crippen LogP contribution >= 0.6 is 12.4 Å². The highest BCUT2D eigenvalue weighted by atomic mass is 35.5. The van der Waals surface area contributed by atoms with Gasteiger partial charge >= 0.3 is 0 Å². The van der Waals surface area contributed by atoms with Crippen LogP contribution in [0.5, 0.6) is 0 Å². The zero-order chi connectivity index (χ0) is 9.80. The van der Waals surface area contributed by atoms with E-state index in [0.29, 0.717) is 0 Å². The van der Waals surface area contributed by atoms with Crippen LogP contribution in [0.1, 0.15) is 11.3 Å². The van der Waals surface area contributed by atoms with Crippen molar-refractivity contribution in [3.05, 3.63) is 59.9 Å². The van der Waals surface area contributed by atoms with Crippen molar-refractivity contribution in [1.82, 2.24) is 4.98 Å². The minimum Gasteiger partial charge on any atom is -0.399 e. The molecule has 0 unspecified atom stereocenters. The maximum Gasteiger partial charge on any atom is 0.0447 e. The van der Waals surface area contributed by atoms with Crippen LogP contribution in [0.2, 0.25) is 0 Å². The summed E-state index contributed by atoms with van der Waals surface area (Å²) in [6.45, 7) is 0. The Labute approximate surface area is 95.6 Å². The van der Waals surface area contributed by atoms with Crippen LogP contribution in [0.3, 0.4) is 0 Å². The number of anilines is 1. The quantitative estimate of drug-likeness (QED) is 0.791. The summed E-state index contributed by atoms with van der Waals surface area (Å²) in [5.74, 6) is 0. The SMILES string of the molecule is Cl.Nc1ccc(Cc2ccccn2)cc1. The molecule has 0 aliphatic rings. The van der Waals surface area contributed by atoms with E-state index >= 15 is 0 Å². The standard InChI is InChI=1S/C12H12N2.ClH/c13-11-6-4-10(5-7-11)9-12-3-1-2-8-14-12;/h1-8H,9,13H2;1H. The molecule has 0 aliphatic heterocycles. The molecule has 2 N–H and O–H groups in total. The minimum absolute atomic E-state index is 0. The fourth-order valence-corrected chi connectivity index (χ4v) is 1.35. The summed E-state index contributed by atoms with van der Waals surface area (Å²) in [5, 5.41) is 0. The van der Waals surface area contributed by atoms with Crippen molar-refractivity contribution in [3.8, 4) is 0 Å². The maximum atomic E-state index is 5.60. The highest BCUT2D eigenvalue weighted by Crippen LogP contribution is 2.09. The summed E-state index contributed by atoms with van der Waals surface area (Å²) >= 11 is 0. The summed E-state index contributed by atoms with van der Waals surface area (Å²) in [4.78, 5) is 4.27. The molecule has 3 heteroatoms. The van der Waals surface area contributed by atoms with Crippen LogP contribution < -0.4 is 5.73 Å². The van der Waals surface area contributed by atoms with Gasteiger partial charge in [0.25, 0.3) is 0 Å². The first-order chi connectivity index (χ1) is 6.84. The van der Waals surface area contributed by atoms with Crippen molar-refractivity contribution in [2.24, 2.45) is 0 Å². The first kappa shape index (κ1) is 11.5. The number of pyridine rings is 1. The second-order valence-corrected chi connectivity index (χ2v) is 3.24. The topological polar surface area (TPSA) is 38.9 Å². The number of hydrogen-bond acceptors (Lipinski definition) is 2. The van der Waals surface area contributed by atoms with E-state index < -0.39 is 0 Å². The highest BCUT2D eigenvalue weighted by Gasteiger charge is 1.95. The molecule has 0 saturated heterocycles. The Kier molecular flexibility index (Phi) is 4.13. The molecule has 2 rings (SSSR count). The Morgan fingerprint density at radius 2 is 1.73 bits per heavy atom. The van der Waals surface area contributed by atoms with Crippen molar-refractivity contribution in [3.63, 3.8) is 0 Å². The summed E-state index contributed by atoms with van der Waals surface area (Å²) in [7, 11) is 0. The van der Waals surface area contributed by atoms with Crippen LogP contribution in [0.25, 0.3) is 0 Å². The van der Waals surface area contributed by atoms with Gasteiger partial charge in [-0.15, -0.1) is 12.4 Å². The zero-order valence-corrected chi connectivity index (χ0v) is 9.08. The lowest BCUT2D eigenvalue weighted by molar-refractivity contribution is 1.07. The molecule has 0 fully saturated rings. The second kappa shape index (κ2) is 5.37. The lowest BCUT2D eigenvalue weighted by atomic mass is 10.1. The highest BCUT2D eigenvalue weighted by molar-refractivity contribution is 5.85. The van der Waals surface area contributed by atoms with E-state index in [1.54, 1.807) is 0 Å². The van der Waals surface area contributed by atoms with Gasteiger partial charge in [-0.25, -0.2) is 0 Å². The van der Waals surface area contributed by atoms with Gasteiger partial charge in [0.2, 0.25) is 0 Å². The Hall–Kier alpha value is -1.54. The van der Waals surface area contributed by atoms with E-state index in [-0.39, 0.29) is 12.4 Å². The van der Waals surface area contributed by atoms with Crippen LogP contribution in [-0.2, 0) is 6.42 Å². The predicted molar refractivity (Wildman–Crippen MR) is 65.1 cm³/mol. The molecule has 15 heavy (non-hydrogen) atoms. The molecule has 0 atom stereocenters. The number of aromatic nitrogens is 1. The average molecular weight is 221 g/mol. The van der Waals surface area contributed by atoms with Crippen LogP contribution in [0, 0.1) is 0 Å². The van der Waals surface area contributed by atoms with Gasteiger partial charge in [-0.1, -0.05) is 18.2 Å². The van der Waals surface area contributed by atoms with Gasteiger partial charge in [0.1, 0.15) is 0 Å². The van der Waals surface area contributed by atoms with E-state index in [1.165, 1.54) is 5.56 Å². The lowest BCUT2D eigenvalue weighted by Crippen LogP contribution is -1.91. The second-order valence-electron chi connectivity index (χ2n) is 3.24. The van der Waals surface area contributed by atoms with E-state index in [4.69, 9.17) is 5.73 Å². The average Bonchev–Trinajstić information content (AvgIpc) is 2.23. The van der Waals surface area contributed by atoms with Crippen LogP contribution in [0.4, 0.5) is 5.69 Å². The van der Waals surface area contributed by atoms with Gasteiger partial charge in [-0.3, -0.25) is 4.98 Å². The molecule has 0 amide bonds. The molecular formula is C12H13ClN2. The monoisotopic (exact) mass is 220 g/mol. The number of nitrogen functional groups attached to an aromatic ring is 1. The third-order valence-corrected chi connectivity index (χ3v) is 2.09. The molecule has 0 aliphatic carbocycles. The molecule has 2 aromatic rings. The molecule has 1 aromatic carbocycles. The van der Waals surface area contributed by atoms with E-state index in [1.807, 2.05) is 48.7 Å². The van der Waals surface area contributed by atoms with Crippen molar-refractivity contribution >= 4 is 18.1 Å². The number of benzene rings is 1. The van der Waals surface area contributed by atoms with Crippen LogP contribution in [0.15, 0.2) is 48.7 Å². The molecule has 0 bridgehead atoms. The molecule has 78 valence electrons. The van der Waals surface area contributed by atoms with Gasteiger partial charge in [-0.2, -0.15) is 0 Å². The molecule has 0 saturated carbocycles. The smallest absolute Gasteiger partial charge is 0.0447 e. The van der Waals surface area contributed by atoms with Gasteiger partial charge in [0.05, 0.1) is 0 Å². The Morgan fingerprint density at radius 1 is 1.00 bits per heavy atom. The molecule has 2 nitrogen and oxygen atoms in total. The summed E-state index contributed by atoms with van der Waals surface area (Å²) in [6, 6.07) is 13.8. The number of hydrogen-bond donors (Lipinski definition) is 1. The molecule has 0 spiro atoms. The number of halogens is 1. The third-order valence-electron chi connectivity index (χ3n) is 2.09. The third kappa shape index (κ3) is 3.26. The lowest BCUT2D eigenvalue weighted by Gasteiger charge is -2.00. The van der Waals surface area contributed by atoms with E-state index in [0.717, 1.165) is 17.8 Å². The molecular weight excluding hydrogens is 208 g/mol. The van der Waals surface area contributed by atoms with Gasteiger partial charge in [-0.05, 0) is 29.8 Å². The Morgan fingerprint density at radius 3 is 2.33 bits per heavy atom. The molecule has 1 aromatic heterocycles. The first-order valence-electron chi connectivity index (χ1n) is 4.59. The minimum atomic E-state index is 0. The fraction of sp³-hybridized carbons (Fsp3) is 0.0833. The van der Waals surface area contributed by atoms with E-state index in [2.05, 4.69) is 4.98 Å². The van der Waals surface area contributed by atoms with Gasteiger partial charge in [0.15, 0.2) is 0 Å².